The van der Waals surface area contributed by atoms with Crippen LogP contribution in [0.5, 0.6) is 0 Å². The number of alkyl halides is 1. The van der Waals surface area contributed by atoms with Crippen LogP contribution in [0.4, 0.5) is 4.39 Å². The van der Waals surface area contributed by atoms with Crippen LogP contribution in [-0.2, 0) is 16.3 Å². The van der Waals surface area contributed by atoms with Crippen LogP contribution in [-0.4, -0.2) is 25.3 Å². The van der Waals surface area contributed by atoms with Crippen molar-refractivity contribution in [1.82, 2.24) is 0 Å². The zero-order valence-corrected chi connectivity index (χ0v) is 13.4. The fourth-order valence-electron chi connectivity index (χ4n) is 2.51. The van der Waals surface area contributed by atoms with Crippen molar-refractivity contribution in [2.24, 2.45) is 11.8 Å². The summed E-state index contributed by atoms with van der Waals surface area (Å²) in [5.41, 5.74) is 0.872. The molecule has 1 aromatic carbocycles. The first-order valence-electron chi connectivity index (χ1n) is 6.11. The van der Waals surface area contributed by atoms with Gasteiger partial charge in [0.15, 0.2) is 9.84 Å². The van der Waals surface area contributed by atoms with Gasteiger partial charge in [0, 0.05) is 10.4 Å². The summed E-state index contributed by atoms with van der Waals surface area (Å²) in [4.78, 5) is 0. The summed E-state index contributed by atoms with van der Waals surface area (Å²) < 4.78 is 36.1. The predicted molar refractivity (Wildman–Crippen MR) is 79.2 cm³/mol. The Morgan fingerprint density at radius 2 is 2.21 bits per heavy atom. The maximum Gasteiger partial charge on any atom is 0.150 e. The minimum atomic E-state index is -2.87. The molecular weight excluding hydrogens is 355 g/mol. The van der Waals surface area contributed by atoms with E-state index < -0.39 is 9.84 Å². The molecule has 2 atom stereocenters. The maximum absolute atomic E-state index is 13.0. The highest BCUT2D eigenvalue weighted by atomic mass is 79.9. The third kappa shape index (κ3) is 3.92. The number of hydrogen-bond donors (Lipinski definition) is 0. The van der Waals surface area contributed by atoms with E-state index in [1.807, 2.05) is 0 Å². The van der Waals surface area contributed by atoms with Crippen LogP contribution in [0.15, 0.2) is 18.2 Å². The average Bonchev–Trinajstić information content (AvgIpc) is 2.69. The molecule has 0 radical (unpaired) electrons. The molecule has 1 fully saturated rings. The van der Waals surface area contributed by atoms with Crippen molar-refractivity contribution in [3.8, 4) is 0 Å². The van der Waals surface area contributed by atoms with E-state index in [1.165, 1.54) is 12.1 Å². The van der Waals surface area contributed by atoms with Crippen molar-refractivity contribution in [3.05, 3.63) is 34.6 Å². The number of benzene rings is 1. The first-order valence-corrected chi connectivity index (χ1v) is 9.43. The van der Waals surface area contributed by atoms with Gasteiger partial charge in [-0.05, 0) is 42.4 Å². The number of sulfone groups is 1. The Kier molecular flexibility index (Phi) is 4.90. The number of halogens is 3. The van der Waals surface area contributed by atoms with Crippen molar-refractivity contribution in [2.75, 3.05) is 16.8 Å². The minimum Gasteiger partial charge on any atom is -0.229 e. The molecule has 0 bridgehead atoms. The molecule has 0 spiro atoms. The fraction of sp³-hybridized carbons (Fsp3) is 0.538. The molecule has 0 amide bonds. The van der Waals surface area contributed by atoms with E-state index in [0.29, 0.717) is 17.9 Å². The van der Waals surface area contributed by atoms with Gasteiger partial charge in [-0.3, -0.25) is 0 Å². The molecule has 106 valence electrons. The molecule has 19 heavy (non-hydrogen) atoms. The van der Waals surface area contributed by atoms with E-state index >= 15 is 0 Å². The van der Waals surface area contributed by atoms with Crippen LogP contribution in [0.25, 0.3) is 0 Å². The Hall–Kier alpha value is -0.130. The van der Waals surface area contributed by atoms with Gasteiger partial charge in [0.1, 0.15) is 5.82 Å². The Bertz CT molecular complexity index is 562. The normalized spacial score (nSPS) is 23.4. The summed E-state index contributed by atoms with van der Waals surface area (Å²) in [6, 6.07) is 4.36. The Morgan fingerprint density at radius 1 is 1.47 bits per heavy atom. The SMILES string of the molecule is O=S1(=O)CCC(C(CBr)Cc2ccc(F)cc2Cl)C1. The Balaban J connectivity index is 2.11. The lowest BCUT2D eigenvalue weighted by Crippen LogP contribution is -2.20. The summed E-state index contributed by atoms with van der Waals surface area (Å²) >= 11 is 9.47. The van der Waals surface area contributed by atoms with Crippen LogP contribution >= 0.6 is 27.5 Å². The molecule has 1 aliphatic heterocycles. The molecule has 2 rings (SSSR count). The standard InChI is InChI=1S/C13H15BrClFO2S/c14-7-11(10-3-4-19(17,18)8-10)5-9-1-2-12(16)6-13(9)15/h1-2,6,10-11H,3-5,7-8H2. The van der Waals surface area contributed by atoms with Crippen molar-refractivity contribution in [1.29, 1.82) is 0 Å². The van der Waals surface area contributed by atoms with Gasteiger partial charge < -0.3 is 0 Å². The van der Waals surface area contributed by atoms with Gasteiger partial charge in [-0.1, -0.05) is 33.6 Å². The zero-order chi connectivity index (χ0) is 14.0. The van der Waals surface area contributed by atoms with Gasteiger partial charge in [0.05, 0.1) is 11.5 Å². The van der Waals surface area contributed by atoms with Crippen molar-refractivity contribution < 1.29 is 12.8 Å². The van der Waals surface area contributed by atoms with Crippen LogP contribution in [0.1, 0.15) is 12.0 Å². The first kappa shape index (κ1) is 15.3. The van der Waals surface area contributed by atoms with E-state index in [0.717, 1.165) is 10.9 Å². The Morgan fingerprint density at radius 3 is 2.74 bits per heavy atom. The second-order valence-corrected chi connectivity index (χ2v) is 8.30. The molecule has 1 heterocycles. The van der Waals surface area contributed by atoms with Crippen LogP contribution < -0.4 is 0 Å². The van der Waals surface area contributed by atoms with E-state index in [2.05, 4.69) is 15.9 Å². The van der Waals surface area contributed by atoms with E-state index in [-0.39, 0.29) is 29.2 Å². The van der Waals surface area contributed by atoms with Gasteiger partial charge in [-0.15, -0.1) is 0 Å². The summed E-state index contributed by atoms with van der Waals surface area (Å²) in [5, 5.41) is 1.13. The first-order chi connectivity index (χ1) is 8.91. The summed E-state index contributed by atoms with van der Waals surface area (Å²) in [6.45, 7) is 0. The Labute approximate surface area is 126 Å². The average molecular weight is 370 g/mol. The highest BCUT2D eigenvalue weighted by Crippen LogP contribution is 2.31. The summed E-state index contributed by atoms with van der Waals surface area (Å²) in [5.74, 6) is 0.541. The predicted octanol–water partition coefficient (Wildman–Crippen LogP) is 3.47. The zero-order valence-electron chi connectivity index (χ0n) is 10.3. The van der Waals surface area contributed by atoms with Crippen LogP contribution in [0.2, 0.25) is 5.02 Å². The van der Waals surface area contributed by atoms with Gasteiger partial charge >= 0.3 is 0 Å². The molecule has 0 saturated carbocycles. The third-order valence-electron chi connectivity index (χ3n) is 3.63. The molecule has 2 unspecified atom stereocenters. The van der Waals surface area contributed by atoms with Gasteiger partial charge in [-0.2, -0.15) is 0 Å². The van der Waals surface area contributed by atoms with E-state index in [4.69, 9.17) is 11.6 Å². The number of hydrogen-bond acceptors (Lipinski definition) is 2. The molecule has 2 nitrogen and oxygen atoms in total. The topological polar surface area (TPSA) is 34.1 Å². The lowest BCUT2D eigenvalue weighted by atomic mass is 9.88. The molecule has 0 aliphatic carbocycles. The summed E-state index contributed by atoms with van der Waals surface area (Å²) in [6.07, 6.45) is 1.38. The van der Waals surface area contributed by atoms with Crippen LogP contribution in [0.3, 0.4) is 0 Å². The monoisotopic (exact) mass is 368 g/mol. The van der Waals surface area contributed by atoms with Gasteiger partial charge in [0.25, 0.3) is 0 Å². The van der Waals surface area contributed by atoms with Crippen LogP contribution in [0, 0.1) is 17.7 Å². The lowest BCUT2D eigenvalue weighted by Gasteiger charge is -2.20. The van der Waals surface area contributed by atoms with E-state index in [1.54, 1.807) is 6.07 Å². The highest BCUT2D eigenvalue weighted by Gasteiger charge is 2.33. The second-order valence-electron chi connectivity index (χ2n) is 5.02. The molecule has 0 N–H and O–H groups in total. The summed E-state index contributed by atoms with van der Waals surface area (Å²) in [7, 11) is -2.87. The van der Waals surface area contributed by atoms with Gasteiger partial charge in [-0.25, -0.2) is 12.8 Å². The molecule has 6 heteroatoms. The lowest BCUT2D eigenvalue weighted by molar-refractivity contribution is 0.402. The van der Waals surface area contributed by atoms with Crippen molar-refractivity contribution in [2.45, 2.75) is 12.8 Å². The minimum absolute atomic E-state index is 0.158. The van der Waals surface area contributed by atoms with Crippen molar-refractivity contribution in [3.63, 3.8) is 0 Å². The molecule has 0 aromatic heterocycles. The largest absolute Gasteiger partial charge is 0.229 e. The smallest absolute Gasteiger partial charge is 0.150 e. The molecule has 1 aromatic rings. The molecule has 1 saturated heterocycles. The second kappa shape index (κ2) is 6.10. The van der Waals surface area contributed by atoms with Gasteiger partial charge in [0.2, 0.25) is 0 Å². The van der Waals surface area contributed by atoms with Crippen molar-refractivity contribution >= 4 is 37.4 Å². The quantitative estimate of drug-likeness (QED) is 0.762. The van der Waals surface area contributed by atoms with E-state index in [9.17, 15) is 12.8 Å². The molecular formula is C13H15BrClFO2S. The molecule has 1 aliphatic rings. The maximum atomic E-state index is 13.0. The third-order valence-corrected chi connectivity index (χ3v) is 6.61. The highest BCUT2D eigenvalue weighted by molar-refractivity contribution is 9.09. The number of rotatable bonds is 4. The fourth-order valence-corrected chi connectivity index (χ4v) is 5.43.